The van der Waals surface area contributed by atoms with Gasteiger partial charge in [0, 0.05) is 6.04 Å². The fourth-order valence-corrected chi connectivity index (χ4v) is 5.37. The van der Waals surface area contributed by atoms with Gasteiger partial charge in [0.05, 0.1) is 5.75 Å². The number of hydrogen-bond donors (Lipinski definition) is 1. The fraction of sp³-hybridized carbons (Fsp3) is 0.500. The molecule has 3 rings (SSSR count). The van der Waals surface area contributed by atoms with E-state index in [2.05, 4.69) is 19.2 Å². The number of aryl methyl sites for hydroxylation is 1. The van der Waals surface area contributed by atoms with E-state index in [4.69, 9.17) is 4.42 Å². The van der Waals surface area contributed by atoms with Gasteiger partial charge in [0.25, 0.3) is 5.91 Å². The second-order valence-corrected chi connectivity index (χ2v) is 10.1. The summed E-state index contributed by atoms with van der Waals surface area (Å²) >= 11 is 0. The third kappa shape index (κ3) is 5.04. The van der Waals surface area contributed by atoms with Crippen molar-refractivity contribution in [3.8, 4) is 0 Å². The SMILES string of the molecule is Cc1ccccc1CS(=O)(=O)Cc1ccc(C(=O)NC2CCCC(C)C2C)o1. The number of amides is 1. The molecule has 1 saturated carbocycles. The number of benzene rings is 1. The molecule has 1 heterocycles. The third-order valence-corrected chi connectivity index (χ3v) is 7.38. The molecule has 2 aromatic rings. The lowest BCUT2D eigenvalue weighted by Gasteiger charge is -2.34. The van der Waals surface area contributed by atoms with E-state index in [1.165, 1.54) is 6.42 Å². The monoisotopic (exact) mass is 403 g/mol. The van der Waals surface area contributed by atoms with E-state index in [-0.39, 0.29) is 29.2 Å². The Balaban J connectivity index is 1.63. The van der Waals surface area contributed by atoms with Crippen molar-refractivity contribution >= 4 is 15.7 Å². The fourth-order valence-electron chi connectivity index (χ4n) is 3.88. The van der Waals surface area contributed by atoms with Gasteiger partial charge in [-0.15, -0.1) is 0 Å². The minimum absolute atomic E-state index is 0.0423. The van der Waals surface area contributed by atoms with Crippen molar-refractivity contribution in [3.63, 3.8) is 0 Å². The molecule has 0 spiro atoms. The average Bonchev–Trinajstić information content (AvgIpc) is 3.08. The third-order valence-electron chi connectivity index (χ3n) is 5.91. The van der Waals surface area contributed by atoms with Crippen molar-refractivity contribution in [1.82, 2.24) is 5.32 Å². The van der Waals surface area contributed by atoms with Crippen LogP contribution in [0, 0.1) is 18.8 Å². The van der Waals surface area contributed by atoms with Gasteiger partial charge in [-0.1, -0.05) is 51.0 Å². The number of furan rings is 1. The molecule has 1 amide bonds. The zero-order valence-corrected chi connectivity index (χ0v) is 17.6. The van der Waals surface area contributed by atoms with Crippen LogP contribution in [-0.4, -0.2) is 20.4 Å². The van der Waals surface area contributed by atoms with Gasteiger partial charge in [-0.2, -0.15) is 0 Å². The maximum Gasteiger partial charge on any atom is 0.287 e. The highest BCUT2D eigenvalue weighted by Crippen LogP contribution is 2.29. The summed E-state index contributed by atoms with van der Waals surface area (Å²) in [5, 5.41) is 3.06. The molecule has 1 N–H and O–H groups in total. The summed E-state index contributed by atoms with van der Waals surface area (Å²) in [5.74, 6) is 0.938. The van der Waals surface area contributed by atoms with Crippen molar-refractivity contribution in [2.24, 2.45) is 11.8 Å². The smallest absolute Gasteiger partial charge is 0.287 e. The van der Waals surface area contributed by atoms with Crippen LogP contribution in [-0.2, 0) is 21.3 Å². The molecule has 0 bridgehead atoms. The minimum atomic E-state index is -3.39. The first-order chi connectivity index (χ1) is 13.2. The summed E-state index contributed by atoms with van der Waals surface area (Å²) < 4.78 is 30.6. The van der Waals surface area contributed by atoms with Crippen LogP contribution in [0.5, 0.6) is 0 Å². The van der Waals surface area contributed by atoms with Gasteiger partial charge in [-0.05, 0) is 48.4 Å². The topological polar surface area (TPSA) is 76.4 Å². The van der Waals surface area contributed by atoms with Crippen LogP contribution in [0.2, 0.25) is 0 Å². The van der Waals surface area contributed by atoms with Crippen molar-refractivity contribution in [1.29, 1.82) is 0 Å². The van der Waals surface area contributed by atoms with Crippen LogP contribution in [0.1, 0.15) is 60.6 Å². The van der Waals surface area contributed by atoms with Crippen LogP contribution < -0.4 is 5.32 Å². The molecule has 152 valence electrons. The number of carbonyl (C=O) groups excluding carboxylic acids is 1. The maximum atomic E-state index is 12.5. The Morgan fingerprint density at radius 1 is 1.11 bits per heavy atom. The predicted octanol–water partition coefficient (Wildman–Crippen LogP) is 4.26. The molecule has 0 saturated heterocycles. The van der Waals surface area contributed by atoms with Crippen LogP contribution in [0.25, 0.3) is 0 Å². The van der Waals surface area contributed by atoms with Crippen LogP contribution in [0.3, 0.4) is 0 Å². The second kappa shape index (κ2) is 8.52. The van der Waals surface area contributed by atoms with E-state index in [9.17, 15) is 13.2 Å². The van der Waals surface area contributed by atoms with Crippen LogP contribution in [0.4, 0.5) is 0 Å². The summed E-state index contributed by atoms with van der Waals surface area (Å²) in [6, 6.07) is 10.7. The van der Waals surface area contributed by atoms with E-state index < -0.39 is 9.84 Å². The molecule has 28 heavy (non-hydrogen) atoms. The van der Waals surface area contributed by atoms with Crippen molar-refractivity contribution < 1.29 is 17.6 Å². The lowest BCUT2D eigenvalue weighted by Crippen LogP contribution is -2.43. The van der Waals surface area contributed by atoms with Gasteiger partial charge >= 0.3 is 0 Å². The summed E-state index contributed by atoms with van der Waals surface area (Å²) in [6.45, 7) is 6.28. The first kappa shape index (κ1) is 20.6. The number of carbonyl (C=O) groups is 1. The van der Waals surface area contributed by atoms with E-state index in [0.717, 1.165) is 24.0 Å². The van der Waals surface area contributed by atoms with E-state index in [1.54, 1.807) is 12.1 Å². The highest BCUT2D eigenvalue weighted by Gasteiger charge is 2.29. The Kier molecular flexibility index (Phi) is 6.28. The zero-order valence-electron chi connectivity index (χ0n) is 16.8. The molecule has 1 aromatic carbocycles. The predicted molar refractivity (Wildman–Crippen MR) is 110 cm³/mol. The largest absolute Gasteiger partial charge is 0.455 e. The number of sulfone groups is 1. The number of hydrogen-bond acceptors (Lipinski definition) is 4. The van der Waals surface area contributed by atoms with Gasteiger partial charge in [0.2, 0.25) is 0 Å². The van der Waals surface area contributed by atoms with Gasteiger partial charge in [0.1, 0.15) is 11.5 Å². The van der Waals surface area contributed by atoms with Gasteiger partial charge in [-0.25, -0.2) is 8.42 Å². The molecule has 0 aliphatic heterocycles. The van der Waals surface area contributed by atoms with E-state index in [1.807, 2.05) is 31.2 Å². The molecule has 3 atom stereocenters. The molecule has 5 nitrogen and oxygen atoms in total. The highest BCUT2D eigenvalue weighted by molar-refractivity contribution is 7.89. The summed E-state index contributed by atoms with van der Waals surface area (Å²) in [4.78, 5) is 12.5. The van der Waals surface area contributed by atoms with Gasteiger partial charge < -0.3 is 9.73 Å². The summed E-state index contributed by atoms with van der Waals surface area (Å²) in [7, 11) is -3.39. The molecular formula is C22H29NO4S. The number of nitrogens with one attached hydrogen (secondary N) is 1. The molecule has 0 radical (unpaired) electrons. The number of rotatable bonds is 6. The average molecular weight is 404 g/mol. The first-order valence-corrected chi connectivity index (χ1v) is 11.7. The van der Waals surface area contributed by atoms with Crippen molar-refractivity contribution in [2.75, 3.05) is 0 Å². The Bertz CT molecular complexity index is 932. The van der Waals surface area contributed by atoms with Crippen LogP contribution >= 0.6 is 0 Å². The molecule has 1 aromatic heterocycles. The second-order valence-electron chi connectivity index (χ2n) is 8.07. The molecular weight excluding hydrogens is 374 g/mol. The quantitative estimate of drug-likeness (QED) is 0.782. The lowest BCUT2D eigenvalue weighted by atomic mass is 9.78. The molecule has 1 aliphatic rings. The van der Waals surface area contributed by atoms with E-state index >= 15 is 0 Å². The van der Waals surface area contributed by atoms with Crippen molar-refractivity contribution in [2.45, 2.75) is 57.6 Å². The Labute approximate surface area is 167 Å². The lowest BCUT2D eigenvalue weighted by molar-refractivity contribution is 0.0861. The minimum Gasteiger partial charge on any atom is -0.455 e. The van der Waals surface area contributed by atoms with Gasteiger partial charge in [-0.3, -0.25) is 4.79 Å². The summed E-state index contributed by atoms with van der Waals surface area (Å²) in [5.41, 5.74) is 1.73. The molecule has 1 fully saturated rings. The Morgan fingerprint density at radius 3 is 2.61 bits per heavy atom. The van der Waals surface area contributed by atoms with E-state index in [0.29, 0.717) is 17.6 Å². The zero-order chi connectivity index (χ0) is 20.3. The highest BCUT2D eigenvalue weighted by atomic mass is 32.2. The Hall–Kier alpha value is -2.08. The van der Waals surface area contributed by atoms with Gasteiger partial charge in [0.15, 0.2) is 15.6 Å². The molecule has 1 aliphatic carbocycles. The normalized spacial score (nSPS) is 22.8. The summed E-state index contributed by atoms with van der Waals surface area (Å²) in [6.07, 6.45) is 3.27. The Morgan fingerprint density at radius 2 is 1.86 bits per heavy atom. The maximum absolute atomic E-state index is 12.5. The first-order valence-electron chi connectivity index (χ1n) is 9.89. The molecule has 6 heteroatoms. The van der Waals surface area contributed by atoms with Crippen molar-refractivity contribution in [3.05, 3.63) is 59.0 Å². The van der Waals surface area contributed by atoms with Crippen LogP contribution in [0.15, 0.2) is 40.8 Å². The molecule has 3 unspecified atom stereocenters. The standard InChI is InChI=1S/C22H29NO4S/c1-15-8-6-10-20(17(15)3)23-22(24)21-12-11-19(27-21)14-28(25,26)13-18-9-5-4-7-16(18)2/h4-5,7,9,11-12,15,17,20H,6,8,10,13-14H2,1-3H3,(H,23,24).